The highest BCUT2D eigenvalue weighted by Crippen LogP contribution is 2.00. The molecule has 0 aromatic carbocycles. The molecule has 0 amide bonds. The number of rotatable bonds is 11. The maximum absolute atomic E-state index is 10.7. The van der Waals surface area contributed by atoms with Crippen LogP contribution in [0.3, 0.4) is 0 Å². The minimum Gasteiger partial charge on any atom is -0.303 e. The quantitative estimate of drug-likeness (QED) is 0.123. The number of carbonyl (C=O) groups is 1. The van der Waals surface area contributed by atoms with E-state index < -0.39 is 0 Å². The number of allylic oxidation sites excluding steroid dienone is 1. The summed E-state index contributed by atoms with van der Waals surface area (Å²) in [5, 5.41) is 0. The molecule has 6 heteroatoms. The lowest BCUT2D eigenvalue weighted by molar-refractivity contribution is -0.105. The Kier molecular flexibility index (Phi) is 13.8. The summed E-state index contributed by atoms with van der Waals surface area (Å²) in [4.78, 5) is 12.9. The molecule has 0 rings (SSSR count). The number of carbonyl (C=O) groups excluding carboxylic acids is 1. The van der Waals surface area contributed by atoms with Crippen molar-refractivity contribution >= 4 is 49.2 Å². The lowest BCUT2D eigenvalue weighted by Gasteiger charge is -2.13. The molecule has 0 heterocycles. The van der Waals surface area contributed by atoms with Gasteiger partial charge in [0.2, 0.25) is 3.79 Å². The zero-order valence-corrected chi connectivity index (χ0v) is 14.5. The van der Waals surface area contributed by atoms with Gasteiger partial charge in [-0.25, -0.2) is 5.43 Å². The Balaban J connectivity index is 3.27. The van der Waals surface area contributed by atoms with Gasteiger partial charge in [-0.3, -0.25) is 4.79 Å². The molecule has 0 spiro atoms. The van der Waals surface area contributed by atoms with Crippen molar-refractivity contribution in [2.24, 2.45) is 0 Å². The normalized spacial score (nSPS) is 11.5. The van der Waals surface area contributed by atoms with Crippen molar-refractivity contribution < 1.29 is 4.79 Å². The maximum atomic E-state index is 10.7. The summed E-state index contributed by atoms with van der Waals surface area (Å²) in [7, 11) is 2.09. The first kappa shape index (κ1) is 17.8. The third kappa shape index (κ3) is 14.7. The molecule has 0 aliphatic carbocycles. The minimum atomic E-state index is 0.0902. The predicted molar refractivity (Wildman–Crippen MR) is 89.3 cm³/mol. The molecule has 100 valence electrons. The van der Waals surface area contributed by atoms with E-state index in [0.29, 0.717) is 0 Å². The number of nitrogens with zero attached hydrogens (tertiary/aromatic N) is 1. The van der Waals surface area contributed by atoms with Crippen LogP contribution in [0.1, 0.15) is 25.7 Å². The van der Waals surface area contributed by atoms with Gasteiger partial charge in [0.25, 0.3) is 0 Å². The molecular formula is C11H21I2N3O. The number of nitrogens with one attached hydrogen (secondary N) is 2. The fraction of sp³-hybridized carbons (Fsp3) is 0.727. The third-order valence-electron chi connectivity index (χ3n) is 2.32. The Morgan fingerprint density at radius 3 is 2.65 bits per heavy atom. The second kappa shape index (κ2) is 13.2. The van der Waals surface area contributed by atoms with E-state index in [4.69, 9.17) is 0 Å². The highest BCUT2D eigenvalue weighted by Gasteiger charge is 1.96. The number of hydrazine groups is 1. The SMILES string of the molecule is CN(C/C=C/C(=O)I)CCCCCCNNI. The van der Waals surface area contributed by atoms with Gasteiger partial charge in [0.05, 0.1) is 0 Å². The first-order chi connectivity index (χ1) is 8.16. The first-order valence-corrected chi connectivity index (χ1v) is 7.95. The van der Waals surface area contributed by atoms with E-state index in [1.54, 1.807) is 28.7 Å². The lowest BCUT2D eigenvalue weighted by atomic mass is 10.2. The second-order valence-corrected chi connectivity index (χ2v) is 5.51. The first-order valence-electron chi connectivity index (χ1n) is 5.80. The fourth-order valence-corrected chi connectivity index (χ4v) is 1.94. The molecule has 0 unspecified atom stereocenters. The molecule has 0 radical (unpaired) electrons. The van der Waals surface area contributed by atoms with Crippen LogP contribution in [0.2, 0.25) is 0 Å². The average molecular weight is 465 g/mol. The summed E-state index contributed by atoms with van der Waals surface area (Å²) in [6, 6.07) is 0. The molecule has 17 heavy (non-hydrogen) atoms. The van der Waals surface area contributed by atoms with Gasteiger partial charge in [-0.05, 0) is 32.5 Å². The molecule has 0 atom stereocenters. The van der Waals surface area contributed by atoms with Crippen LogP contribution >= 0.6 is 45.5 Å². The van der Waals surface area contributed by atoms with E-state index in [9.17, 15) is 4.79 Å². The van der Waals surface area contributed by atoms with E-state index in [-0.39, 0.29) is 3.79 Å². The summed E-state index contributed by atoms with van der Waals surface area (Å²) >= 11 is 3.87. The topological polar surface area (TPSA) is 44.4 Å². The van der Waals surface area contributed by atoms with E-state index in [1.807, 2.05) is 6.08 Å². The van der Waals surface area contributed by atoms with Gasteiger partial charge >= 0.3 is 0 Å². The van der Waals surface area contributed by atoms with Crippen LogP contribution in [0.4, 0.5) is 0 Å². The van der Waals surface area contributed by atoms with Crippen molar-refractivity contribution in [2.75, 3.05) is 26.7 Å². The van der Waals surface area contributed by atoms with Crippen molar-refractivity contribution in [1.82, 2.24) is 14.0 Å². The van der Waals surface area contributed by atoms with Crippen LogP contribution in [-0.4, -0.2) is 35.4 Å². The Morgan fingerprint density at radius 2 is 2.00 bits per heavy atom. The predicted octanol–water partition coefficient (Wildman–Crippen LogP) is 2.44. The van der Waals surface area contributed by atoms with E-state index >= 15 is 0 Å². The van der Waals surface area contributed by atoms with Gasteiger partial charge in [-0.2, -0.15) is 3.64 Å². The van der Waals surface area contributed by atoms with Crippen LogP contribution in [0.25, 0.3) is 0 Å². The number of likely N-dealkylation sites (N-methyl/N-ethyl adjacent to an activating group) is 1. The summed E-state index contributed by atoms with van der Waals surface area (Å²) in [5.41, 5.74) is 3.07. The highest BCUT2D eigenvalue weighted by molar-refractivity contribution is 14.1. The molecule has 0 fully saturated rings. The largest absolute Gasteiger partial charge is 0.303 e. The van der Waals surface area contributed by atoms with E-state index in [0.717, 1.165) is 19.6 Å². The van der Waals surface area contributed by atoms with Gasteiger partial charge in [0.15, 0.2) is 0 Å². The summed E-state index contributed by atoms with van der Waals surface area (Å²) in [6.07, 6.45) is 8.51. The number of unbranched alkanes of at least 4 members (excludes halogenated alkanes) is 3. The molecule has 0 aliphatic rings. The second-order valence-electron chi connectivity index (χ2n) is 3.90. The molecule has 0 aromatic heterocycles. The van der Waals surface area contributed by atoms with Crippen molar-refractivity contribution in [2.45, 2.75) is 25.7 Å². The minimum absolute atomic E-state index is 0.0902. The maximum Gasteiger partial charge on any atom is 0.214 e. The Morgan fingerprint density at radius 1 is 1.29 bits per heavy atom. The van der Waals surface area contributed by atoms with Gasteiger partial charge in [0.1, 0.15) is 0 Å². The molecule has 2 N–H and O–H groups in total. The molecule has 0 saturated heterocycles. The monoisotopic (exact) mass is 465 g/mol. The Labute approximate surface area is 132 Å². The van der Waals surface area contributed by atoms with E-state index in [1.165, 1.54) is 25.7 Å². The Hall–Kier alpha value is 0.750. The molecular weight excluding hydrogens is 444 g/mol. The van der Waals surface area contributed by atoms with Gasteiger partial charge in [0, 0.05) is 58.5 Å². The van der Waals surface area contributed by atoms with Crippen LogP contribution in [-0.2, 0) is 4.79 Å². The smallest absolute Gasteiger partial charge is 0.214 e. The Bertz CT molecular complexity index is 225. The standard InChI is InChI=1S/C11H21I2N3O/c1-16(10-6-7-11(12)17)9-5-3-2-4-8-14-15-13/h6-7,14-15H,2-5,8-10H2,1H3/b7-6+. The summed E-state index contributed by atoms with van der Waals surface area (Å²) < 4.78 is 2.98. The summed E-state index contributed by atoms with van der Waals surface area (Å²) in [6.45, 7) is 2.98. The third-order valence-corrected chi connectivity index (χ3v) is 3.07. The molecule has 0 saturated carbocycles. The lowest BCUT2D eigenvalue weighted by Crippen LogP contribution is -2.23. The molecule has 0 aromatic rings. The number of halogens is 2. The van der Waals surface area contributed by atoms with Crippen molar-refractivity contribution in [1.29, 1.82) is 0 Å². The van der Waals surface area contributed by atoms with Crippen LogP contribution in [0.15, 0.2) is 12.2 Å². The van der Waals surface area contributed by atoms with Gasteiger partial charge in [-0.1, -0.05) is 18.9 Å². The van der Waals surface area contributed by atoms with Crippen LogP contribution in [0, 0.1) is 0 Å². The van der Waals surface area contributed by atoms with Crippen LogP contribution < -0.4 is 9.06 Å². The number of hydrogen-bond acceptors (Lipinski definition) is 4. The fourth-order valence-electron chi connectivity index (χ4n) is 1.41. The van der Waals surface area contributed by atoms with Gasteiger partial charge < -0.3 is 4.90 Å². The van der Waals surface area contributed by atoms with Gasteiger partial charge in [-0.15, -0.1) is 0 Å². The van der Waals surface area contributed by atoms with Crippen molar-refractivity contribution in [3.63, 3.8) is 0 Å². The van der Waals surface area contributed by atoms with Crippen molar-refractivity contribution in [3.8, 4) is 0 Å². The summed E-state index contributed by atoms with van der Waals surface area (Å²) in [5.74, 6) is 0. The molecule has 0 aliphatic heterocycles. The average Bonchev–Trinajstić information content (AvgIpc) is 2.27. The highest BCUT2D eigenvalue weighted by atomic mass is 127. The molecule has 4 nitrogen and oxygen atoms in total. The number of hydrogen-bond donors (Lipinski definition) is 2. The molecule has 0 bridgehead atoms. The zero-order valence-electron chi connectivity index (χ0n) is 10.2. The van der Waals surface area contributed by atoms with Crippen LogP contribution in [0.5, 0.6) is 0 Å². The van der Waals surface area contributed by atoms with Crippen molar-refractivity contribution in [3.05, 3.63) is 12.2 Å². The zero-order chi connectivity index (χ0) is 12.9. The van der Waals surface area contributed by atoms with E-state index in [2.05, 4.69) is 43.9 Å².